The summed E-state index contributed by atoms with van der Waals surface area (Å²) in [6.07, 6.45) is 2.30. The molecule has 2 atom stereocenters. The molecular weight excluding hydrogens is 244 g/mol. The number of nitrogens with zero attached hydrogens (tertiary/aromatic N) is 1. The van der Waals surface area contributed by atoms with E-state index in [4.69, 9.17) is 0 Å². The number of carbonyl (C=O) groups is 1. The van der Waals surface area contributed by atoms with Crippen LogP contribution in [-0.4, -0.2) is 29.9 Å². The van der Waals surface area contributed by atoms with Gasteiger partial charge in [0.2, 0.25) is 5.91 Å². The Balaban J connectivity index is 1.92. The zero-order chi connectivity index (χ0) is 13.1. The number of nitrogens with one attached hydrogen (secondary N) is 1. The number of likely N-dealkylation sites (tertiary alicyclic amines) is 1. The zero-order valence-electron chi connectivity index (χ0n) is 11.4. The molecule has 1 aromatic rings. The lowest BCUT2D eigenvalue weighted by atomic mass is 10.1. The molecule has 1 fully saturated rings. The van der Waals surface area contributed by atoms with Gasteiger partial charge in [-0.1, -0.05) is 0 Å². The summed E-state index contributed by atoms with van der Waals surface area (Å²) < 4.78 is 0. The van der Waals surface area contributed by atoms with Crippen LogP contribution in [-0.2, 0) is 4.79 Å². The summed E-state index contributed by atoms with van der Waals surface area (Å²) in [7, 11) is 0. The average molecular weight is 266 g/mol. The van der Waals surface area contributed by atoms with Crippen molar-refractivity contribution >= 4 is 17.2 Å². The number of rotatable bonds is 4. The first kappa shape index (κ1) is 13.6. The predicted molar refractivity (Wildman–Crippen MR) is 75.9 cm³/mol. The zero-order valence-corrected chi connectivity index (χ0v) is 12.2. The lowest BCUT2D eigenvalue weighted by molar-refractivity contribution is -0.132. The molecule has 1 N–H and O–H groups in total. The molecule has 1 saturated heterocycles. The normalized spacial score (nSPS) is 18.9. The minimum atomic E-state index is -0.0976. The van der Waals surface area contributed by atoms with E-state index >= 15 is 0 Å². The Labute approximate surface area is 113 Å². The monoisotopic (exact) mass is 266 g/mol. The maximum atomic E-state index is 12.2. The third-order valence-electron chi connectivity index (χ3n) is 3.58. The molecular formula is C14H22N2OS. The SMILES string of the molecule is Cc1ccsc1C(C)NC(C)C(=O)N1CCCC1. The maximum absolute atomic E-state index is 12.2. The van der Waals surface area contributed by atoms with Crippen molar-refractivity contribution in [1.82, 2.24) is 10.2 Å². The number of carbonyl (C=O) groups excluding carboxylic acids is 1. The van der Waals surface area contributed by atoms with Gasteiger partial charge >= 0.3 is 0 Å². The summed E-state index contributed by atoms with van der Waals surface area (Å²) in [5.41, 5.74) is 1.31. The van der Waals surface area contributed by atoms with Gasteiger partial charge in [-0.2, -0.15) is 0 Å². The van der Waals surface area contributed by atoms with Gasteiger partial charge in [-0.05, 0) is 50.6 Å². The van der Waals surface area contributed by atoms with Gasteiger partial charge in [-0.25, -0.2) is 0 Å². The number of hydrogen-bond donors (Lipinski definition) is 1. The van der Waals surface area contributed by atoms with E-state index in [1.54, 1.807) is 11.3 Å². The molecule has 1 aliphatic heterocycles. The molecule has 0 aliphatic carbocycles. The number of aryl methyl sites for hydroxylation is 1. The molecule has 0 saturated carbocycles. The Kier molecular flexibility index (Phi) is 4.40. The van der Waals surface area contributed by atoms with Crippen molar-refractivity contribution < 1.29 is 4.79 Å². The second-order valence-corrected chi connectivity index (χ2v) is 6.06. The minimum Gasteiger partial charge on any atom is -0.341 e. The predicted octanol–water partition coefficient (Wildman–Crippen LogP) is 2.72. The fourth-order valence-corrected chi connectivity index (χ4v) is 3.51. The van der Waals surface area contributed by atoms with Crippen LogP contribution in [0, 0.1) is 6.92 Å². The highest BCUT2D eigenvalue weighted by atomic mass is 32.1. The van der Waals surface area contributed by atoms with E-state index in [1.807, 2.05) is 11.8 Å². The molecule has 0 spiro atoms. The number of amides is 1. The molecule has 0 bridgehead atoms. The van der Waals surface area contributed by atoms with Gasteiger partial charge in [0, 0.05) is 24.0 Å². The summed E-state index contributed by atoms with van der Waals surface area (Å²) in [5.74, 6) is 0.244. The van der Waals surface area contributed by atoms with Crippen LogP contribution in [0.4, 0.5) is 0 Å². The van der Waals surface area contributed by atoms with Crippen LogP contribution in [0.3, 0.4) is 0 Å². The second-order valence-electron chi connectivity index (χ2n) is 5.11. The highest BCUT2D eigenvalue weighted by molar-refractivity contribution is 7.10. The molecule has 2 unspecified atom stereocenters. The average Bonchev–Trinajstić information content (AvgIpc) is 2.98. The van der Waals surface area contributed by atoms with Crippen LogP contribution < -0.4 is 5.32 Å². The second kappa shape index (κ2) is 5.85. The maximum Gasteiger partial charge on any atom is 0.239 e. The van der Waals surface area contributed by atoms with E-state index in [9.17, 15) is 4.79 Å². The summed E-state index contributed by atoms with van der Waals surface area (Å²) in [4.78, 5) is 15.5. The number of thiophene rings is 1. The molecule has 4 heteroatoms. The molecule has 1 aliphatic rings. The summed E-state index contributed by atoms with van der Waals surface area (Å²) in [5, 5.41) is 5.53. The summed E-state index contributed by atoms with van der Waals surface area (Å²) in [6.45, 7) is 8.08. The molecule has 1 aromatic heterocycles. The van der Waals surface area contributed by atoms with E-state index in [-0.39, 0.29) is 18.0 Å². The first-order valence-electron chi connectivity index (χ1n) is 6.68. The van der Waals surface area contributed by atoms with Crippen LogP contribution in [0.2, 0.25) is 0 Å². The van der Waals surface area contributed by atoms with Crippen LogP contribution in [0.1, 0.15) is 43.2 Å². The van der Waals surface area contributed by atoms with Crippen molar-refractivity contribution in [3.63, 3.8) is 0 Å². The van der Waals surface area contributed by atoms with Crippen molar-refractivity contribution in [3.8, 4) is 0 Å². The largest absolute Gasteiger partial charge is 0.341 e. The van der Waals surface area contributed by atoms with Crippen LogP contribution in [0.15, 0.2) is 11.4 Å². The van der Waals surface area contributed by atoms with E-state index in [2.05, 4.69) is 30.6 Å². The van der Waals surface area contributed by atoms with Crippen molar-refractivity contribution in [1.29, 1.82) is 0 Å². The lowest BCUT2D eigenvalue weighted by Crippen LogP contribution is -2.44. The highest BCUT2D eigenvalue weighted by Gasteiger charge is 2.24. The first-order chi connectivity index (χ1) is 8.59. The Hall–Kier alpha value is -0.870. The van der Waals surface area contributed by atoms with E-state index in [0.717, 1.165) is 25.9 Å². The van der Waals surface area contributed by atoms with Crippen molar-refractivity contribution in [2.24, 2.45) is 0 Å². The molecule has 2 rings (SSSR count). The van der Waals surface area contributed by atoms with Crippen LogP contribution in [0.5, 0.6) is 0 Å². The molecule has 1 amide bonds. The Morgan fingerprint density at radius 1 is 1.39 bits per heavy atom. The third kappa shape index (κ3) is 2.93. The quantitative estimate of drug-likeness (QED) is 0.909. The van der Waals surface area contributed by atoms with Gasteiger partial charge in [-0.3, -0.25) is 10.1 Å². The Morgan fingerprint density at radius 2 is 2.06 bits per heavy atom. The van der Waals surface area contributed by atoms with Gasteiger partial charge < -0.3 is 4.90 Å². The summed E-state index contributed by atoms with van der Waals surface area (Å²) >= 11 is 1.76. The molecule has 2 heterocycles. The first-order valence-corrected chi connectivity index (χ1v) is 7.56. The van der Waals surface area contributed by atoms with Gasteiger partial charge in [-0.15, -0.1) is 11.3 Å². The molecule has 3 nitrogen and oxygen atoms in total. The smallest absolute Gasteiger partial charge is 0.239 e. The fraction of sp³-hybridized carbons (Fsp3) is 0.643. The molecule has 100 valence electrons. The van der Waals surface area contributed by atoms with Gasteiger partial charge in [0.15, 0.2) is 0 Å². The van der Waals surface area contributed by atoms with E-state index < -0.39 is 0 Å². The van der Waals surface area contributed by atoms with Gasteiger partial charge in [0.25, 0.3) is 0 Å². The lowest BCUT2D eigenvalue weighted by Gasteiger charge is -2.24. The van der Waals surface area contributed by atoms with Crippen molar-refractivity contribution in [2.45, 2.75) is 45.7 Å². The Morgan fingerprint density at radius 3 is 2.61 bits per heavy atom. The topological polar surface area (TPSA) is 32.3 Å². The molecule has 0 radical (unpaired) electrons. The van der Waals surface area contributed by atoms with Crippen molar-refractivity contribution in [2.75, 3.05) is 13.1 Å². The van der Waals surface area contributed by atoms with Crippen LogP contribution >= 0.6 is 11.3 Å². The van der Waals surface area contributed by atoms with E-state index in [0.29, 0.717) is 0 Å². The van der Waals surface area contributed by atoms with Crippen LogP contribution in [0.25, 0.3) is 0 Å². The number of hydrogen-bond acceptors (Lipinski definition) is 3. The van der Waals surface area contributed by atoms with Gasteiger partial charge in [0.1, 0.15) is 0 Å². The molecule has 0 aromatic carbocycles. The van der Waals surface area contributed by atoms with Crippen molar-refractivity contribution in [3.05, 3.63) is 21.9 Å². The third-order valence-corrected chi connectivity index (χ3v) is 4.78. The fourth-order valence-electron chi connectivity index (χ4n) is 2.56. The minimum absolute atomic E-state index is 0.0976. The summed E-state index contributed by atoms with van der Waals surface area (Å²) in [6, 6.07) is 2.27. The van der Waals surface area contributed by atoms with Gasteiger partial charge in [0.05, 0.1) is 6.04 Å². The Bertz CT molecular complexity index is 410. The molecule has 18 heavy (non-hydrogen) atoms. The standard InChI is InChI=1S/C14H22N2OS/c1-10-6-9-18-13(10)11(2)15-12(3)14(17)16-7-4-5-8-16/h6,9,11-12,15H,4-5,7-8H2,1-3H3. The van der Waals surface area contributed by atoms with E-state index in [1.165, 1.54) is 10.4 Å². The highest BCUT2D eigenvalue weighted by Crippen LogP contribution is 2.24.